The number of rotatable bonds is 2. The average molecular weight is 172 g/mol. The Bertz CT molecular complexity index is 374. The highest BCUT2D eigenvalue weighted by Crippen LogP contribution is 2.31. The van der Waals surface area contributed by atoms with Gasteiger partial charge in [-0.25, -0.2) is 0 Å². The lowest BCUT2D eigenvalue weighted by molar-refractivity contribution is 0.101. The fourth-order valence-electron chi connectivity index (χ4n) is 1.60. The van der Waals surface area contributed by atoms with Crippen LogP contribution in [0.1, 0.15) is 35.7 Å². The minimum Gasteiger partial charge on any atom is -0.294 e. The van der Waals surface area contributed by atoms with Gasteiger partial charge in [0.15, 0.2) is 5.78 Å². The first-order chi connectivity index (χ1) is 6.29. The molecule has 1 aliphatic rings. The molecule has 1 aromatic carbocycles. The van der Waals surface area contributed by atoms with Crippen LogP contribution in [0.3, 0.4) is 0 Å². The summed E-state index contributed by atoms with van der Waals surface area (Å²) >= 11 is 0. The summed E-state index contributed by atoms with van der Waals surface area (Å²) in [5.74, 6) is 0.156. The molecule has 1 heteroatoms. The van der Waals surface area contributed by atoms with Crippen LogP contribution < -0.4 is 0 Å². The summed E-state index contributed by atoms with van der Waals surface area (Å²) in [7, 11) is 0. The molecule has 13 heavy (non-hydrogen) atoms. The van der Waals surface area contributed by atoms with E-state index in [0.717, 1.165) is 24.0 Å². The predicted octanol–water partition coefficient (Wildman–Crippen LogP) is 3.07. The standard InChI is InChI=1S/C12H12O/c1-9(13)11-7-2-3-8-12(11)10-5-4-6-10/h2-3,5,7-8H,4,6H2,1H3. The van der Waals surface area contributed by atoms with Gasteiger partial charge in [-0.15, -0.1) is 0 Å². The van der Waals surface area contributed by atoms with Crippen LogP contribution in [0.5, 0.6) is 0 Å². The largest absolute Gasteiger partial charge is 0.294 e. The van der Waals surface area contributed by atoms with E-state index in [1.165, 1.54) is 5.57 Å². The van der Waals surface area contributed by atoms with Crippen LogP contribution >= 0.6 is 0 Å². The molecule has 0 atom stereocenters. The van der Waals surface area contributed by atoms with Gasteiger partial charge in [-0.05, 0) is 30.9 Å². The molecule has 0 fully saturated rings. The quantitative estimate of drug-likeness (QED) is 0.626. The van der Waals surface area contributed by atoms with Crippen molar-refractivity contribution in [1.82, 2.24) is 0 Å². The molecule has 0 radical (unpaired) electrons. The van der Waals surface area contributed by atoms with Gasteiger partial charge in [0.05, 0.1) is 0 Å². The molecule has 0 N–H and O–H groups in total. The van der Waals surface area contributed by atoms with E-state index in [1.807, 2.05) is 24.3 Å². The van der Waals surface area contributed by atoms with Gasteiger partial charge in [0.2, 0.25) is 0 Å². The number of ketones is 1. The van der Waals surface area contributed by atoms with Gasteiger partial charge in [-0.3, -0.25) is 4.79 Å². The lowest BCUT2D eigenvalue weighted by Crippen LogP contribution is -2.02. The third-order valence-corrected chi connectivity index (χ3v) is 2.46. The van der Waals surface area contributed by atoms with E-state index in [-0.39, 0.29) is 5.78 Å². The van der Waals surface area contributed by atoms with E-state index in [9.17, 15) is 4.79 Å². The molecule has 1 aliphatic carbocycles. The fraction of sp³-hybridized carbons (Fsp3) is 0.250. The Morgan fingerprint density at radius 1 is 1.31 bits per heavy atom. The number of carbonyl (C=O) groups is 1. The van der Waals surface area contributed by atoms with Gasteiger partial charge in [-0.1, -0.05) is 30.3 Å². The maximum atomic E-state index is 11.3. The van der Waals surface area contributed by atoms with Crippen LogP contribution in [0.25, 0.3) is 5.57 Å². The summed E-state index contributed by atoms with van der Waals surface area (Å²) in [6.45, 7) is 1.62. The summed E-state index contributed by atoms with van der Waals surface area (Å²) in [6, 6.07) is 7.83. The van der Waals surface area contributed by atoms with E-state index in [1.54, 1.807) is 6.92 Å². The molecule has 1 nitrogen and oxygen atoms in total. The molecule has 0 saturated heterocycles. The zero-order valence-electron chi connectivity index (χ0n) is 7.71. The summed E-state index contributed by atoms with van der Waals surface area (Å²) in [6.07, 6.45) is 4.47. The summed E-state index contributed by atoms with van der Waals surface area (Å²) < 4.78 is 0. The Kier molecular flexibility index (Phi) is 2.01. The molecular formula is C12H12O. The Balaban J connectivity index is 2.49. The number of hydrogen-bond acceptors (Lipinski definition) is 1. The number of allylic oxidation sites excluding steroid dienone is 2. The van der Waals surface area contributed by atoms with Gasteiger partial charge in [0.25, 0.3) is 0 Å². The molecule has 0 unspecified atom stereocenters. The normalized spacial score (nSPS) is 14.7. The number of benzene rings is 1. The third kappa shape index (κ3) is 1.42. The molecule has 0 bridgehead atoms. The number of carbonyl (C=O) groups excluding carboxylic acids is 1. The molecule has 66 valence electrons. The summed E-state index contributed by atoms with van der Waals surface area (Å²) in [4.78, 5) is 11.3. The van der Waals surface area contributed by atoms with Crippen molar-refractivity contribution in [3.63, 3.8) is 0 Å². The molecule has 0 saturated carbocycles. The molecule has 2 rings (SSSR count). The van der Waals surface area contributed by atoms with Crippen molar-refractivity contribution in [3.05, 3.63) is 41.5 Å². The summed E-state index contributed by atoms with van der Waals surface area (Å²) in [5.41, 5.74) is 3.31. The van der Waals surface area contributed by atoms with E-state index < -0.39 is 0 Å². The van der Waals surface area contributed by atoms with Crippen LogP contribution in [-0.4, -0.2) is 5.78 Å². The van der Waals surface area contributed by atoms with Crippen molar-refractivity contribution in [2.75, 3.05) is 0 Å². The monoisotopic (exact) mass is 172 g/mol. The van der Waals surface area contributed by atoms with Gasteiger partial charge in [-0.2, -0.15) is 0 Å². The minimum atomic E-state index is 0.156. The molecule has 0 aliphatic heterocycles. The van der Waals surface area contributed by atoms with Crippen molar-refractivity contribution in [3.8, 4) is 0 Å². The second-order valence-electron chi connectivity index (χ2n) is 3.37. The number of hydrogen-bond donors (Lipinski definition) is 0. The molecule has 1 aromatic rings. The van der Waals surface area contributed by atoms with E-state index in [4.69, 9.17) is 0 Å². The second kappa shape index (κ2) is 3.17. The Morgan fingerprint density at radius 3 is 2.54 bits per heavy atom. The lowest BCUT2D eigenvalue weighted by atomic mass is 9.88. The van der Waals surface area contributed by atoms with Gasteiger partial charge in [0, 0.05) is 5.56 Å². The molecule has 0 aromatic heterocycles. The number of Topliss-reactive ketones (excluding diaryl/α,β-unsaturated/α-hetero) is 1. The van der Waals surface area contributed by atoms with Crippen molar-refractivity contribution >= 4 is 11.4 Å². The van der Waals surface area contributed by atoms with Crippen molar-refractivity contribution in [2.24, 2.45) is 0 Å². The van der Waals surface area contributed by atoms with Gasteiger partial charge < -0.3 is 0 Å². The van der Waals surface area contributed by atoms with Crippen molar-refractivity contribution in [2.45, 2.75) is 19.8 Å². The first-order valence-corrected chi connectivity index (χ1v) is 4.58. The first kappa shape index (κ1) is 8.24. The maximum Gasteiger partial charge on any atom is 0.160 e. The smallest absolute Gasteiger partial charge is 0.160 e. The van der Waals surface area contributed by atoms with Gasteiger partial charge in [0.1, 0.15) is 0 Å². The molecular weight excluding hydrogens is 160 g/mol. The van der Waals surface area contributed by atoms with Crippen molar-refractivity contribution < 1.29 is 4.79 Å². The van der Waals surface area contributed by atoms with Crippen LogP contribution in [0, 0.1) is 0 Å². The Labute approximate surface area is 78.1 Å². The zero-order valence-corrected chi connectivity index (χ0v) is 7.71. The topological polar surface area (TPSA) is 17.1 Å². The Morgan fingerprint density at radius 2 is 2.00 bits per heavy atom. The van der Waals surface area contributed by atoms with E-state index in [0.29, 0.717) is 0 Å². The SMILES string of the molecule is CC(=O)c1ccccc1C1=CCC1. The highest BCUT2D eigenvalue weighted by atomic mass is 16.1. The van der Waals surface area contributed by atoms with Crippen LogP contribution in [-0.2, 0) is 0 Å². The van der Waals surface area contributed by atoms with E-state index >= 15 is 0 Å². The molecule has 0 amide bonds. The van der Waals surface area contributed by atoms with Crippen LogP contribution in [0.4, 0.5) is 0 Å². The fourth-order valence-corrected chi connectivity index (χ4v) is 1.60. The maximum absolute atomic E-state index is 11.3. The van der Waals surface area contributed by atoms with Crippen LogP contribution in [0.15, 0.2) is 30.3 Å². The average Bonchev–Trinajstić information content (AvgIpc) is 2.02. The lowest BCUT2D eigenvalue weighted by Gasteiger charge is -2.16. The van der Waals surface area contributed by atoms with Gasteiger partial charge >= 0.3 is 0 Å². The zero-order chi connectivity index (χ0) is 9.26. The minimum absolute atomic E-state index is 0.156. The van der Waals surface area contributed by atoms with Crippen LogP contribution in [0.2, 0.25) is 0 Å². The van der Waals surface area contributed by atoms with Crippen molar-refractivity contribution in [1.29, 1.82) is 0 Å². The second-order valence-corrected chi connectivity index (χ2v) is 3.37. The summed E-state index contributed by atoms with van der Waals surface area (Å²) in [5, 5.41) is 0. The predicted molar refractivity (Wildman–Crippen MR) is 53.7 cm³/mol. The third-order valence-electron chi connectivity index (χ3n) is 2.46. The highest BCUT2D eigenvalue weighted by molar-refractivity contribution is 5.99. The molecule has 0 spiro atoms. The first-order valence-electron chi connectivity index (χ1n) is 4.58. The Hall–Kier alpha value is -1.37. The highest BCUT2D eigenvalue weighted by Gasteiger charge is 2.13. The molecule has 0 heterocycles. The van der Waals surface area contributed by atoms with E-state index in [2.05, 4.69) is 6.08 Å².